The monoisotopic (exact) mass is 342 g/mol. The van der Waals surface area contributed by atoms with E-state index in [4.69, 9.17) is 9.47 Å². The van der Waals surface area contributed by atoms with Gasteiger partial charge in [0.15, 0.2) is 11.5 Å². The third-order valence-electron chi connectivity index (χ3n) is 4.20. The minimum Gasteiger partial charge on any atom is -0.493 e. The van der Waals surface area contributed by atoms with Crippen LogP contribution in [0.2, 0.25) is 0 Å². The summed E-state index contributed by atoms with van der Waals surface area (Å²) in [4.78, 5) is 12.1. The molecule has 0 spiro atoms. The number of aryl methyl sites for hydroxylation is 1. The van der Waals surface area contributed by atoms with E-state index in [0.717, 1.165) is 23.2 Å². The van der Waals surface area contributed by atoms with Gasteiger partial charge in [0.05, 0.1) is 20.8 Å². The number of hydrogen-bond donors (Lipinski definition) is 2. The summed E-state index contributed by atoms with van der Waals surface area (Å²) < 4.78 is 10.5. The minimum absolute atomic E-state index is 0.0407. The Morgan fingerprint density at radius 3 is 2.52 bits per heavy atom. The highest BCUT2D eigenvalue weighted by Crippen LogP contribution is 2.27. The number of anilines is 1. The molecule has 2 aromatic carbocycles. The molecule has 0 fully saturated rings. The van der Waals surface area contributed by atoms with Gasteiger partial charge < -0.3 is 20.1 Å². The Labute approximate surface area is 149 Å². The fraction of sp³-hybridized carbons (Fsp3) is 0.350. The lowest BCUT2D eigenvalue weighted by atomic mass is 10.1. The second-order valence-corrected chi connectivity index (χ2v) is 5.91. The Balaban J connectivity index is 1.79. The molecule has 25 heavy (non-hydrogen) atoms. The highest BCUT2D eigenvalue weighted by atomic mass is 16.5. The number of nitrogens with one attached hydrogen (secondary N) is 2. The van der Waals surface area contributed by atoms with Crippen molar-refractivity contribution in [2.75, 3.05) is 32.6 Å². The number of rotatable bonds is 8. The van der Waals surface area contributed by atoms with Crippen molar-refractivity contribution in [3.8, 4) is 11.5 Å². The molecule has 0 saturated carbocycles. The van der Waals surface area contributed by atoms with Gasteiger partial charge in [-0.1, -0.05) is 18.2 Å². The van der Waals surface area contributed by atoms with E-state index in [0.29, 0.717) is 18.0 Å². The molecule has 2 rings (SSSR count). The maximum absolute atomic E-state index is 12.1. The summed E-state index contributed by atoms with van der Waals surface area (Å²) in [7, 11) is 3.24. The van der Waals surface area contributed by atoms with Crippen molar-refractivity contribution in [2.45, 2.75) is 20.3 Å². The summed E-state index contributed by atoms with van der Waals surface area (Å²) in [5.41, 5.74) is 4.26. The summed E-state index contributed by atoms with van der Waals surface area (Å²) in [6.07, 6.45) is 0.803. The Morgan fingerprint density at radius 1 is 1.04 bits per heavy atom. The normalized spacial score (nSPS) is 10.4. The molecule has 5 nitrogen and oxygen atoms in total. The first-order valence-corrected chi connectivity index (χ1v) is 8.33. The predicted molar refractivity (Wildman–Crippen MR) is 101 cm³/mol. The van der Waals surface area contributed by atoms with Crippen molar-refractivity contribution in [1.29, 1.82) is 0 Å². The van der Waals surface area contributed by atoms with Gasteiger partial charge in [0.25, 0.3) is 0 Å². The average Bonchev–Trinajstić information content (AvgIpc) is 2.62. The van der Waals surface area contributed by atoms with E-state index in [1.807, 2.05) is 50.2 Å². The van der Waals surface area contributed by atoms with Crippen LogP contribution in [0.5, 0.6) is 11.5 Å². The Kier molecular flexibility index (Phi) is 6.83. The first-order valence-electron chi connectivity index (χ1n) is 8.33. The van der Waals surface area contributed by atoms with Crippen molar-refractivity contribution >= 4 is 11.6 Å². The first kappa shape index (κ1) is 18.8. The van der Waals surface area contributed by atoms with Crippen LogP contribution < -0.4 is 20.1 Å². The topological polar surface area (TPSA) is 59.6 Å². The van der Waals surface area contributed by atoms with Gasteiger partial charge in [-0.05, 0) is 61.7 Å². The molecule has 0 aliphatic heterocycles. The van der Waals surface area contributed by atoms with Crippen molar-refractivity contribution in [3.05, 3.63) is 53.1 Å². The standard InChI is InChI=1S/C20H26N2O3/c1-14-6-5-7-17(15(14)2)22-20(23)13-21-11-10-16-8-9-18(24-3)19(12-16)25-4/h5-9,12,21H,10-11,13H2,1-4H3,(H,22,23). The van der Waals surface area contributed by atoms with Crippen molar-refractivity contribution in [1.82, 2.24) is 5.32 Å². The summed E-state index contributed by atoms with van der Waals surface area (Å²) in [5, 5.41) is 6.11. The van der Waals surface area contributed by atoms with E-state index in [1.54, 1.807) is 14.2 Å². The van der Waals surface area contributed by atoms with Gasteiger partial charge >= 0.3 is 0 Å². The van der Waals surface area contributed by atoms with Crippen molar-refractivity contribution in [3.63, 3.8) is 0 Å². The zero-order valence-electron chi connectivity index (χ0n) is 15.3. The molecule has 0 saturated heterocycles. The Hall–Kier alpha value is -2.53. The van der Waals surface area contributed by atoms with E-state index < -0.39 is 0 Å². The third-order valence-corrected chi connectivity index (χ3v) is 4.20. The summed E-state index contributed by atoms with van der Waals surface area (Å²) in [5.74, 6) is 1.39. The van der Waals surface area contributed by atoms with Crippen LogP contribution in [0.15, 0.2) is 36.4 Å². The molecule has 0 aliphatic rings. The predicted octanol–water partition coefficient (Wildman–Crippen LogP) is 3.09. The number of amides is 1. The number of carbonyl (C=O) groups is 1. The van der Waals surface area contributed by atoms with Gasteiger partial charge in [0.1, 0.15) is 0 Å². The van der Waals surface area contributed by atoms with Gasteiger partial charge in [0.2, 0.25) is 5.91 Å². The van der Waals surface area contributed by atoms with Crippen LogP contribution in [-0.4, -0.2) is 33.2 Å². The van der Waals surface area contributed by atoms with Gasteiger partial charge in [-0.3, -0.25) is 4.79 Å². The third kappa shape index (κ3) is 5.22. The lowest BCUT2D eigenvalue weighted by Gasteiger charge is -2.11. The zero-order chi connectivity index (χ0) is 18.2. The molecule has 0 unspecified atom stereocenters. The Bertz CT molecular complexity index is 729. The first-order chi connectivity index (χ1) is 12.0. The van der Waals surface area contributed by atoms with E-state index >= 15 is 0 Å². The lowest BCUT2D eigenvalue weighted by molar-refractivity contribution is -0.115. The van der Waals surface area contributed by atoms with Crippen LogP contribution in [0.1, 0.15) is 16.7 Å². The largest absolute Gasteiger partial charge is 0.493 e. The van der Waals surface area contributed by atoms with Crippen molar-refractivity contribution in [2.24, 2.45) is 0 Å². The lowest BCUT2D eigenvalue weighted by Crippen LogP contribution is -2.29. The SMILES string of the molecule is COc1ccc(CCNCC(=O)Nc2cccc(C)c2C)cc1OC. The molecular weight excluding hydrogens is 316 g/mol. The number of benzene rings is 2. The van der Waals surface area contributed by atoms with Gasteiger partial charge in [-0.2, -0.15) is 0 Å². The molecule has 134 valence electrons. The van der Waals surface area contributed by atoms with Crippen LogP contribution in [0.4, 0.5) is 5.69 Å². The molecule has 0 bridgehead atoms. The van der Waals surface area contributed by atoms with Gasteiger partial charge in [-0.15, -0.1) is 0 Å². The molecule has 0 aromatic heterocycles. The zero-order valence-corrected chi connectivity index (χ0v) is 15.3. The van der Waals surface area contributed by atoms with E-state index in [1.165, 1.54) is 5.56 Å². The second kappa shape index (κ2) is 9.08. The van der Waals surface area contributed by atoms with E-state index in [9.17, 15) is 4.79 Å². The quantitative estimate of drug-likeness (QED) is 0.724. The molecule has 1 amide bonds. The van der Waals surface area contributed by atoms with Crippen LogP contribution in [-0.2, 0) is 11.2 Å². The molecular formula is C20H26N2O3. The number of hydrogen-bond acceptors (Lipinski definition) is 4. The maximum atomic E-state index is 12.1. The molecule has 5 heteroatoms. The van der Waals surface area contributed by atoms with Gasteiger partial charge in [0, 0.05) is 5.69 Å². The average molecular weight is 342 g/mol. The van der Waals surface area contributed by atoms with Gasteiger partial charge in [-0.25, -0.2) is 0 Å². The second-order valence-electron chi connectivity index (χ2n) is 5.91. The molecule has 0 aliphatic carbocycles. The number of methoxy groups -OCH3 is 2. The Morgan fingerprint density at radius 2 is 1.80 bits per heavy atom. The maximum Gasteiger partial charge on any atom is 0.238 e. The van der Waals surface area contributed by atoms with Crippen LogP contribution in [0.3, 0.4) is 0 Å². The highest BCUT2D eigenvalue weighted by Gasteiger charge is 2.07. The summed E-state index contributed by atoms with van der Waals surface area (Å²) >= 11 is 0. The molecule has 2 N–H and O–H groups in total. The molecule has 0 radical (unpaired) electrons. The van der Waals surface area contributed by atoms with Crippen LogP contribution in [0, 0.1) is 13.8 Å². The fourth-order valence-electron chi connectivity index (χ4n) is 2.55. The molecule has 0 heterocycles. The van der Waals surface area contributed by atoms with E-state index in [2.05, 4.69) is 10.6 Å². The molecule has 0 atom stereocenters. The van der Waals surface area contributed by atoms with Crippen LogP contribution >= 0.6 is 0 Å². The number of carbonyl (C=O) groups excluding carboxylic acids is 1. The molecule has 2 aromatic rings. The summed E-state index contributed by atoms with van der Waals surface area (Å²) in [6, 6.07) is 11.7. The van der Waals surface area contributed by atoms with E-state index in [-0.39, 0.29) is 12.5 Å². The number of ether oxygens (including phenoxy) is 2. The van der Waals surface area contributed by atoms with Crippen LogP contribution in [0.25, 0.3) is 0 Å². The highest BCUT2D eigenvalue weighted by molar-refractivity contribution is 5.93. The smallest absolute Gasteiger partial charge is 0.238 e. The summed E-state index contributed by atoms with van der Waals surface area (Å²) in [6.45, 7) is 5.03. The fourth-order valence-corrected chi connectivity index (χ4v) is 2.55. The minimum atomic E-state index is -0.0407. The van der Waals surface area contributed by atoms with Crippen molar-refractivity contribution < 1.29 is 14.3 Å².